The standard InChI is InChI=1S/C27H22N4O4/c1-31-16-20(21-9-5-6-10-23(21)31)15-28-30-27(33)22(29-26(32)19-7-3-2-4-8-19)13-18-11-12-24-25(14-18)35-17-34-24/h2-16H,17H2,1H3,(H,29,32)(H,30,33)/b22-13+,28-15-. The van der Waals surface area contributed by atoms with Crippen molar-refractivity contribution in [3.8, 4) is 11.5 Å². The smallest absolute Gasteiger partial charge is 0.287 e. The Morgan fingerprint density at radius 2 is 1.74 bits per heavy atom. The molecule has 5 rings (SSSR count). The summed E-state index contributed by atoms with van der Waals surface area (Å²) in [5.41, 5.74) is 5.55. The normalized spacial score (nSPS) is 12.8. The van der Waals surface area contributed by atoms with E-state index in [1.165, 1.54) is 0 Å². The predicted molar refractivity (Wildman–Crippen MR) is 133 cm³/mol. The molecule has 4 aromatic rings. The van der Waals surface area contributed by atoms with Gasteiger partial charge in [-0.25, -0.2) is 5.43 Å². The topological polar surface area (TPSA) is 94.0 Å². The fraction of sp³-hybridized carbons (Fsp3) is 0.0741. The van der Waals surface area contributed by atoms with Crippen LogP contribution in [0.1, 0.15) is 21.5 Å². The van der Waals surface area contributed by atoms with Crippen LogP contribution in [0, 0.1) is 0 Å². The largest absolute Gasteiger partial charge is 0.454 e. The van der Waals surface area contributed by atoms with Crippen LogP contribution in [0.2, 0.25) is 0 Å². The Labute approximate surface area is 201 Å². The van der Waals surface area contributed by atoms with Crippen molar-refractivity contribution in [2.75, 3.05) is 6.79 Å². The molecular formula is C27H22N4O4. The molecule has 0 radical (unpaired) electrons. The van der Waals surface area contributed by atoms with Crippen molar-refractivity contribution >= 4 is 35.0 Å². The summed E-state index contributed by atoms with van der Waals surface area (Å²) in [7, 11) is 1.95. The SMILES string of the molecule is Cn1cc(/C=N\NC(=O)/C(=C\c2ccc3c(c2)OCO3)NC(=O)c2ccccc2)c2ccccc21. The Morgan fingerprint density at radius 3 is 2.60 bits per heavy atom. The van der Waals surface area contributed by atoms with Crippen LogP contribution in [-0.4, -0.2) is 29.4 Å². The first-order chi connectivity index (χ1) is 17.1. The first-order valence-electron chi connectivity index (χ1n) is 10.9. The molecule has 0 saturated heterocycles. The van der Waals surface area contributed by atoms with E-state index >= 15 is 0 Å². The molecule has 0 bridgehead atoms. The Balaban J connectivity index is 1.39. The maximum Gasteiger partial charge on any atom is 0.287 e. The monoisotopic (exact) mass is 466 g/mol. The zero-order chi connectivity index (χ0) is 24.2. The molecule has 2 heterocycles. The number of nitrogens with zero attached hydrogens (tertiary/aromatic N) is 2. The first kappa shape index (κ1) is 22.0. The first-order valence-corrected chi connectivity index (χ1v) is 10.9. The van der Waals surface area contributed by atoms with Gasteiger partial charge in [-0.15, -0.1) is 0 Å². The van der Waals surface area contributed by atoms with E-state index in [1.807, 2.05) is 48.1 Å². The molecule has 1 aromatic heterocycles. The van der Waals surface area contributed by atoms with Gasteiger partial charge in [0.1, 0.15) is 5.70 Å². The van der Waals surface area contributed by atoms with E-state index in [0.717, 1.165) is 16.5 Å². The summed E-state index contributed by atoms with van der Waals surface area (Å²) in [6.45, 7) is 0.142. The van der Waals surface area contributed by atoms with Gasteiger partial charge in [-0.2, -0.15) is 5.10 Å². The zero-order valence-electron chi connectivity index (χ0n) is 18.9. The van der Waals surface area contributed by atoms with Crippen LogP contribution in [0.25, 0.3) is 17.0 Å². The van der Waals surface area contributed by atoms with E-state index in [-0.39, 0.29) is 12.5 Å². The number of hydrogen-bond acceptors (Lipinski definition) is 5. The van der Waals surface area contributed by atoms with Crippen LogP contribution in [0.4, 0.5) is 0 Å². The number of nitrogens with one attached hydrogen (secondary N) is 2. The van der Waals surface area contributed by atoms with Gasteiger partial charge in [0.25, 0.3) is 11.8 Å². The van der Waals surface area contributed by atoms with Gasteiger partial charge < -0.3 is 19.4 Å². The number of aryl methyl sites for hydroxylation is 1. The number of aromatic nitrogens is 1. The lowest BCUT2D eigenvalue weighted by Crippen LogP contribution is -2.32. The molecule has 3 aromatic carbocycles. The highest BCUT2D eigenvalue weighted by Gasteiger charge is 2.17. The van der Waals surface area contributed by atoms with Crippen molar-refractivity contribution < 1.29 is 19.1 Å². The summed E-state index contributed by atoms with van der Waals surface area (Å²) in [6, 6.07) is 21.8. The molecule has 0 fully saturated rings. The van der Waals surface area contributed by atoms with Crippen molar-refractivity contribution in [3.63, 3.8) is 0 Å². The van der Waals surface area contributed by atoms with Crippen molar-refractivity contribution in [2.24, 2.45) is 12.1 Å². The fourth-order valence-electron chi connectivity index (χ4n) is 3.81. The third kappa shape index (κ3) is 4.77. The van der Waals surface area contributed by atoms with Crippen LogP contribution in [-0.2, 0) is 11.8 Å². The van der Waals surface area contributed by atoms with Gasteiger partial charge in [0.05, 0.1) is 6.21 Å². The second kappa shape index (κ2) is 9.56. The highest BCUT2D eigenvalue weighted by molar-refractivity contribution is 6.06. The highest BCUT2D eigenvalue weighted by atomic mass is 16.7. The van der Waals surface area contributed by atoms with Crippen LogP contribution < -0.4 is 20.2 Å². The quantitative estimate of drug-likeness (QED) is 0.257. The van der Waals surface area contributed by atoms with Gasteiger partial charge in [0.15, 0.2) is 11.5 Å². The van der Waals surface area contributed by atoms with E-state index in [2.05, 4.69) is 15.8 Å². The molecule has 2 N–H and O–H groups in total. The predicted octanol–water partition coefficient (Wildman–Crippen LogP) is 3.83. The van der Waals surface area contributed by atoms with Crippen molar-refractivity contribution in [2.45, 2.75) is 0 Å². The number of para-hydroxylation sites is 1. The maximum absolute atomic E-state index is 13.0. The number of rotatable bonds is 6. The molecule has 2 amide bonds. The number of amides is 2. The summed E-state index contributed by atoms with van der Waals surface area (Å²) < 4.78 is 12.8. The summed E-state index contributed by atoms with van der Waals surface area (Å²) in [5.74, 6) is 0.220. The van der Waals surface area contributed by atoms with Gasteiger partial charge in [0.2, 0.25) is 6.79 Å². The minimum absolute atomic E-state index is 0.0350. The van der Waals surface area contributed by atoms with Crippen molar-refractivity contribution in [1.29, 1.82) is 0 Å². The highest BCUT2D eigenvalue weighted by Crippen LogP contribution is 2.33. The average Bonchev–Trinajstić information content (AvgIpc) is 3.48. The fourth-order valence-corrected chi connectivity index (χ4v) is 3.81. The lowest BCUT2D eigenvalue weighted by Gasteiger charge is -2.09. The van der Waals surface area contributed by atoms with Crippen LogP contribution >= 0.6 is 0 Å². The Bertz CT molecular complexity index is 1470. The molecule has 8 nitrogen and oxygen atoms in total. The van der Waals surface area contributed by atoms with Gasteiger partial charge >= 0.3 is 0 Å². The molecule has 0 unspecified atom stereocenters. The lowest BCUT2D eigenvalue weighted by atomic mass is 10.1. The van der Waals surface area contributed by atoms with Gasteiger partial charge in [-0.05, 0) is 42.0 Å². The van der Waals surface area contributed by atoms with Gasteiger partial charge in [-0.3, -0.25) is 9.59 Å². The number of carbonyl (C=O) groups excluding carboxylic acids is 2. The summed E-state index contributed by atoms with van der Waals surface area (Å²) in [4.78, 5) is 25.8. The summed E-state index contributed by atoms with van der Waals surface area (Å²) >= 11 is 0. The molecule has 0 aliphatic carbocycles. The van der Waals surface area contributed by atoms with E-state index < -0.39 is 11.8 Å². The van der Waals surface area contributed by atoms with Crippen molar-refractivity contribution in [1.82, 2.24) is 15.3 Å². The van der Waals surface area contributed by atoms with E-state index in [1.54, 1.807) is 54.8 Å². The van der Waals surface area contributed by atoms with E-state index in [0.29, 0.717) is 22.6 Å². The maximum atomic E-state index is 13.0. The number of hydrazone groups is 1. The minimum Gasteiger partial charge on any atom is -0.454 e. The van der Waals surface area contributed by atoms with Gasteiger partial charge in [0, 0.05) is 35.3 Å². The average molecular weight is 466 g/mol. The molecule has 0 saturated carbocycles. The minimum atomic E-state index is -0.566. The van der Waals surface area contributed by atoms with Crippen molar-refractivity contribution in [3.05, 3.63) is 101 Å². The third-order valence-corrected chi connectivity index (χ3v) is 5.53. The molecule has 35 heavy (non-hydrogen) atoms. The molecular weight excluding hydrogens is 444 g/mol. The summed E-state index contributed by atoms with van der Waals surface area (Å²) in [5, 5.41) is 7.84. The Hall–Kier alpha value is -4.85. The molecule has 8 heteroatoms. The number of carbonyl (C=O) groups is 2. The number of fused-ring (bicyclic) bond motifs is 2. The number of ether oxygens (including phenoxy) is 2. The van der Waals surface area contributed by atoms with Crippen LogP contribution in [0.3, 0.4) is 0 Å². The zero-order valence-corrected chi connectivity index (χ0v) is 18.9. The van der Waals surface area contributed by atoms with E-state index in [9.17, 15) is 9.59 Å². The Morgan fingerprint density at radius 1 is 0.971 bits per heavy atom. The molecule has 0 spiro atoms. The van der Waals surface area contributed by atoms with Crippen LogP contribution in [0.15, 0.2) is 89.8 Å². The van der Waals surface area contributed by atoms with Gasteiger partial charge in [-0.1, -0.05) is 42.5 Å². The molecule has 1 aliphatic rings. The second-order valence-electron chi connectivity index (χ2n) is 7.90. The molecule has 174 valence electrons. The molecule has 1 aliphatic heterocycles. The summed E-state index contributed by atoms with van der Waals surface area (Å²) in [6.07, 6.45) is 5.07. The number of benzene rings is 3. The number of hydrogen-bond donors (Lipinski definition) is 2. The second-order valence-corrected chi connectivity index (χ2v) is 7.90. The van der Waals surface area contributed by atoms with E-state index in [4.69, 9.17) is 9.47 Å². The lowest BCUT2D eigenvalue weighted by molar-refractivity contribution is -0.117. The third-order valence-electron chi connectivity index (χ3n) is 5.53. The molecule has 0 atom stereocenters. The van der Waals surface area contributed by atoms with Crippen LogP contribution in [0.5, 0.6) is 11.5 Å². The Kier molecular flexibility index (Phi) is 6.00.